The lowest BCUT2D eigenvalue weighted by Gasteiger charge is -2.39. The lowest BCUT2D eigenvalue weighted by atomic mass is 9.92. The van der Waals surface area contributed by atoms with Crippen molar-refractivity contribution >= 4 is 19.5 Å². The van der Waals surface area contributed by atoms with Gasteiger partial charge in [0.05, 0.1) is 13.7 Å². The fourth-order valence-corrected chi connectivity index (χ4v) is 5.85. The van der Waals surface area contributed by atoms with Crippen molar-refractivity contribution in [2.45, 2.75) is 43.9 Å². The van der Waals surface area contributed by atoms with Crippen LogP contribution in [0.3, 0.4) is 0 Å². The lowest BCUT2D eigenvalue weighted by molar-refractivity contribution is -0.142. The second-order valence-corrected chi connectivity index (χ2v) is 10.7. The molecule has 1 aliphatic rings. The van der Waals surface area contributed by atoms with Gasteiger partial charge in [-0.25, -0.2) is 9.36 Å². The van der Waals surface area contributed by atoms with Gasteiger partial charge in [-0.1, -0.05) is 18.2 Å². The van der Waals surface area contributed by atoms with Crippen LogP contribution in [0.4, 0.5) is 5.82 Å². The third-order valence-corrected chi connectivity index (χ3v) is 8.04. The van der Waals surface area contributed by atoms with Crippen LogP contribution < -0.4 is 21.0 Å². The molecule has 6 atom stereocenters. The van der Waals surface area contributed by atoms with Crippen molar-refractivity contribution in [3.05, 3.63) is 65.5 Å². The van der Waals surface area contributed by atoms with Gasteiger partial charge >= 0.3 is 19.4 Å². The maximum absolute atomic E-state index is 13.7. The van der Waals surface area contributed by atoms with E-state index >= 15 is 0 Å². The van der Waals surface area contributed by atoms with E-state index in [9.17, 15) is 19.3 Å². The third-order valence-electron chi connectivity index (χ3n) is 6.40. The van der Waals surface area contributed by atoms with Crippen LogP contribution in [0.15, 0.2) is 59.8 Å². The molecule has 3 aromatic rings. The Bertz CT molecular complexity index is 1370. The molecule has 1 aromatic carbocycles. The zero-order chi connectivity index (χ0) is 27.7. The molecule has 0 aliphatic carbocycles. The molecule has 0 bridgehead atoms. The highest BCUT2D eigenvalue weighted by Gasteiger charge is 2.57. The number of ether oxygens (including phenoxy) is 2. The molecule has 1 saturated heterocycles. The second kappa shape index (κ2) is 10.8. The minimum Gasteiger partial charge on any atom is -0.468 e. The number of esters is 1. The van der Waals surface area contributed by atoms with E-state index in [1.807, 2.05) is 0 Å². The summed E-state index contributed by atoms with van der Waals surface area (Å²) in [5, 5.41) is 14.0. The number of methoxy groups -OCH3 is 1. The summed E-state index contributed by atoms with van der Waals surface area (Å²) in [7, 11) is -1.23. The monoisotopic (exact) mass is 550 g/mol. The number of aryl methyl sites for hydroxylation is 1. The van der Waals surface area contributed by atoms with Crippen molar-refractivity contribution in [1.82, 2.24) is 24.0 Å². The Hall–Kier alpha value is -3.42. The maximum Gasteiger partial charge on any atom is 0.459 e. The summed E-state index contributed by atoms with van der Waals surface area (Å²) < 4.78 is 40.5. The zero-order valence-electron chi connectivity index (χ0n) is 21.3. The highest BCUT2D eigenvalue weighted by Crippen LogP contribution is 2.48. The Morgan fingerprint density at radius 2 is 2.00 bits per heavy atom. The SMILES string of the molecule is COC(=O)[C@H](C)NP(=O)(OC[C@H]1O[C@@H](n2ccc(N)nc2=O)[C@](C)(n2ccn2C)[C@@H]1O)Oc1ccccc1. The largest absolute Gasteiger partial charge is 0.468 e. The minimum absolute atomic E-state index is 0.0390. The van der Waals surface area contributed by atoms with Gasteiger partial charge < -0.3 is 24.8 Å². The number of hydrogen-bond acceptors (Lipinski definition) is 10. The number of carbonyl (C=O) groups is 1. The van der Waals surface area contributed by atoms with E-state index < -0.39 is 56.0 Å². The van der Waals surface area contributed by atoms with E-state index in [1.165, 1.54) is 30.9 Å². The smallest absolute Gasteiger partial charge is 0.459 e. The fraction of sp³-hybridized carbons (Fsp3) is 0.435. The molecule has 1 unspecified atom stereocenters. The van der Waals surface area contributed by atoms with Gasteiger partial charge in [0.25, 0.3) is 0 Å². The summed E-state index contributed by atoms with van der Waals surface area (Å²) in [5.41, 5.74) is 3.78. The molecule has 0 radical (unpaired) electrons. The zero-order valence-corrected chi connectivity index (χ0v) is 22.2. The van der Waals surface area contributed by atoms with Crippen molar-refractivity contribution in [3.63, 3.8) is 0 Å². The number of aromatic nitrogens is 4. The topological polar surface area (TPSA) is 174 Å². The first-order valence-electron chi connectivity index (χ1n) is 11.7. The number of benzene rings is 1. The normalized spacial score (nSPS) is 25.6. The van der Waals surface area contributed by atoms with Gasteiger partial charge in [-0.3, -0.25) is 23.2 Å². The van der Waals surface area contributed by atoms with Crippen molar-refractivity contribution in [1.29, 1.82) is 0 Å². The van der Waals surface area contributed by atoms with Crippen LogP contribution in [-0.4, -0.2) is 62.0 Å². The van der Waals surface area contributed by atoms with Crippen LogP contribution in [0, 0.1) is 0 Å². The summed E-state index contributed by atoms with van der Waals surface area (Å²) in [6.45, 7) is 2.73. The van der Waals surface area contributed by atoms with Crippen LogP contribution in [-0.2, 0) is 35.9 Å². The highest BCUT2D eigenvalue weighted by molar-refractivity contribution is 7.52. The molecular formula is C23H31N6O8P. The van der Waals surface area contributed by atoms with E-state index in [0.29, 0.717) is 0 Å². The number of nitrogens with two attached hydrogens (primary N) is 1. The molecule has 1 fully saturated rings. The molecular weight excluding hydrogens is 519 g/mol. The van der Waals surface area contributed by atoms with Crippen molar-refractivity contribution < 1.29 is 33.0 Å². The number of para-hydroxylation sites is 1. The van der Waals surface area contributed by atoms with Crippen molar-refractivity contribution in [2.24, 2.45) is 7.05 Å². The molecule has 0 saturated carbocycles. The van der Waals surface area contributed by atoms with E-state index in [4.69, 9.17) is 24.3 Å². The Kier molecular flexibility index (Phi) is 7.81. The van der Waals surface area contributed by atoms with Crippen LogP contribution in [0.1, 0.15) is 20.1 Å². The Labute approximate surface area is 218 Å². The Balaban J connectivity index is 1.62. The number of nitrogen functional groups attached to an aromatic ring is 1. The van der Waals surface area contributed by atoms with Gasteiger partial charge in [0.2, 0.25) is 0 Å². The van der Waals surface area contributed by atoms with Crippen LogP contribution >= 0.6 is 7.75 Å². The summed E-state index contributed by atoms with van der Waals surface area (Å²) >= 11 is 0. The van der Waals surface area contributed by atoms with E-state index in [0.717, 1.165) is 0 Å². The van der Waals surface area contributed by atoms with Crippen LogP contribution in [0.25, 0.3) is 0 Å². The molecule has 0 spiro atoms. The molecule has 0 amide bonds. The molecule has 206 valence electrons. The third kappa shape index (κ3) is 5.26. The van der Waals surface area contributed by atoms with E-state index in [-0.39, 0.29) is 11.6 Å². The average molecular weight is 551 g/mol. The fourth-order valence-electron chi connectivity index (χ4n) is 4.35. The summed E-state index contributed by atoms with van der Waals surface area (Å²) in [6.07, 6.45) is 1.57. The molecule has 2 aromatic heterocycles. The Morgan fingerprint density at radius 1 is 1.29 bits per heavy atom. The standard InChI is InChI=1S/C23H31N6O8P/c1-15(20(31)34-4)26-38(33,37-16-8-6-5-7-9-16)35-14-17-19(30)23(2,29-13-12-27(29)3)21(36-17)28-11-10-18(24)25-22(28)32/h5-13,15,17,19,21,30H,14H2,1-4H3,(H,26,33)(H2,24,25,32)/t15-,17+,19+,21+,23+,38?/m0/s1. The van der Waals surface area contributed by atoms with Gasteiger partial charge in [0, 0.05) is 25.6 Å². The number of anilines is 1. The first-order valence-corrected chi connectivity index (χ1v) is 13.3. The predicted molar refractivity (Wildman–Crippen MR) is 135 cm³/mol. The van der Waals surface area contributed by atoms with Crippen molar-refractivity contribution in [3.8, 4) is 5.75 Å². The van der Waals surface area contributed by atoms with Crippen molar-refractivity contribution in [2.75, 3.05) is 19.5 Å². The number of aliphatic hydroxyl groups excluding tert-OH is 1. The average Bonchev–Trinajstić information content (AvgIpc) is 3.11. The quantitative estimate of drug-likeness (QED) is 0.243. The molecule has 15 heteroatoms. The van der Waals surface area contributed by atoms with Gasteiger partial charge in [-0.2, -0.15) is 10.1 Å². The first kappa shape index (κ1) is 27.6. The number of carbonyl (C=O) groups excluding carboxylic acids is 1. The Morgan fingerprint density at radius 3 is 2.58 bits per heavy atom. The predicted octanol–water partition coefficient (Wildman–Crippen LogP) is 0.994. The summed E-state index contributed by atoms with van der Waals surface area (Å²) in [6, 6.07) is 8.65. The number of nitrogens with one attached hydrogen (secondary N) is 1. The summed E-state index contributed by atoms with van der Waals surface area (Å²) in [5.74, 6) is -0.418. The second-order valence-electron chi connectivity index (χ2n) is 9.03. The molecule has 3 heterocycles. The highest BCUT2D eigenvalue weighted by atomic mass is 31.2. The van der Waals surface area contributed by atoms with Gasteiger partial charge in [-0.05, 0) is 32.0 Å². The van der Waals surface area contributed by atoms with Gasteiger partial charge in [0.1, 0.15) is 35.4 Å². The minimum atomic E-state index is -4.20. The molecule has 4 N–H and O–H groups in total. The molecule has 4 rings (SSSR count). The van der Waals surface area contributed by atoms with Crippen LogP contribution in [0.2, 0.25) is 0 Å². The first-order chi connectivity index (χ1) is 18.0. The van der Waals surface area contributed by atoms with Crippen LogP contribution in [0.5, 0.6) is 5.75 Å². The van der Waals surface area contributed by atoms with E-state index in [2.05, 4.69) is 10.1 Å². The number of aliphatic hydroxyl groups is 1. The number of nitrogens with zero attached hydrogens (tertiary/aromatic N) is 4. The van der Waals surface area contributed by atoms with Gasteiger partial charge in [-0.15, -0.1) is 0 Å². The number of hydrogen-bond donors (Lipinski definition) is 3. The lowest BCUT2D eigenvalue weighted by Crippen LogP contribution is -2.51. The number of rotatable bonds is 10. The maximum atomic E-state index is 13.7. The molecule has 38 heavy (non-hydrogen) atoms. The summed E-state index contributed by atoms with van der Waals surface area (Å²) in [4.78, 5) is 28.4. The van der Waals surface area contributed by atoms with Gasteiger partial charge in [0.15, 0.2) is 6.23 Å². The molecule has 1 aliphatic heterocycles. The molecule has 14 nitrogen and oxygen atoms in total. The van der Waals surface area contributed by atoms with E-state index in [1.54, 1.807) is 66.1 Å².